The maximum absolute atomic E-state index is 12.5. The van der Waals surface area contributed by atoms with Gasteiger partial charge < -0.3 is 4.74 Å². The fourth-order valence-corrected chi connectivity index (χ4v) is 4.04. The zero-order chi connectivity index (χ0) is 19.7. The van der Waals surface area contributed by atoms with Crippen molar-refractivity contribution in [3.8, 4) is 0 Å². The Kier molecular flexibility index (Phi) is 5.38. The normalized spacial score (nSPS) is 19.0. The highest BCUT2D eigenvalue weighted by Crippen LogP contribution is 2.22. The molecule has 2 aliphatic rings. The van der Waals surface area contributed by atoms with Crippen LogP contribution in [0.2, 0.25) is 0 Å². The first-order valence-electron chi connectivity index (χ1n) is 10.3. The molecule has 1 saturated heterocycles. The number of nitrogens with zero attached hydrogens (tertiary/aromatic N) is 5. The summed E-state index contributed by atoms with van der Waals surface area (Å²) in [6, 6.07) is 3.87. The van der Waals surface area contributed by atoms with Gasteiger partial charge in [-0.25, -0.2) is 4.98 Å². The van der Waals surface area contributed by atoms with E-state index in [0.717, 1.165) is 63.6 Å². The van der Waals surface area contributed by atoms with Crippen LogP contribution in [0.3, 0.4) is 0 Å². The molecule has 0 aromatic carbocycles. The number of aromatic nitrogens is 4. The van der Waals surface area contributed by atoms with Crippen molar-refractivity contribution in [2.75, 3.05) is 19.7 Å². The van der Waals surface area contributed by atoms with Crippen LogP contribution < -0.4 is 5.56 Å². The minimum Gasteiger partial charge on any atom is -0.373 e. The van der Waals surface area contributed by atoms with Crippen molar-refractivity contribution in [3.05, 3.63) is 45.9 Å². The molecule has 0 bridgehead atoms. The average molecular weight is 386 g/mol. The Labute approximate surface area is 166 Å². The van der Waals surface area contributed by atoms with Crippen molar-refractivity contribution in [1.29, 1.82) is 0 Å². The lowest BCUT2D eigenvalue weighted by atomic mass is 9.92. The van der Waals surface area contributed by atoms with Crippen LogP contribution >= 0.6 is 0 Å². The fraction of sp³-hybridized carbons (Fsp3) is 0.667. The molecular weight excluding hydrogens is 354 g/mol. The van der Waals surface area contributed by atoms with Gasteiger partial charge in [-0.3, -0.25) is 18.9 Å². The third kappa shape index (κ3) is 4.36. The van der Waals surface area contributed by atoms with Crippen LogP contribution in [0.4, 0.5) is 0 Å². The summed E-state index contributed by atoms with van der Waals surface area (Å²) in [4.78, 5) is 19.4. The van der Waals surface area contributed by atoms with E-state index >= 15 is 0 Å². The molecule has 2 aliphatic heterocycles. The van der Waals surface area contributed by atoms with Crippen molar-refractivity contribution in [1.82, 2.24) is 24.2 Å². The average Bonchev–Trinajstić information content (AvgIpc) is 3.06. The molecule has 2 aromatic rings. The summed E-state index contributed by atoms with van der Waals surface area (Å²) in [6.45, 7) is 12.3. The minimum atomic E-state index is -0.0952. The first kappa shape index (κ1) is 19.3. The van der Waals surface area contributed by atoms with Gasteiger partial charge in [0.05, 0.1) is 43.2 Å². The Morgan fingerprint density at radius 3 is 2.64 bits per heavy atom. The van der Waals surface area contributed by atoms with E-state index in [1.807, 2.05) is 0 Å². The lowest BCUT2D eigenvalue weighted by Crippen LogP contribution is -2.36. The highest BCUT2D eigenvalue weighted by Gasteiger charge is 2.22. The van der Waals surface area contributed by atoms with Crippen molar-refractivity contribution >= 4 is 0 Å². The van der Waals surface area contributed by atoms with Crippen molar-refractivity contribution in [2.45, 2.75) is 65.3 Å². The Hall–Kier alpha value is -1.99. The first-order valence-corrected chi connectivity index (χ1v) is 10.3. The molecular formula is C21H31N5O2. The summed E-state index contributed by atoms with van der Waals surface area (Å²) in [7, 11) is 0. The van der Waals surface area contributed by atoms with Gasteiger partial charge in [0.15, 0.2) is 0 Å². The van der Waals surface area contributed by atoms with Gasteiger partial charge in [0.1, 0.15) is 0 Å². The number of fused-ring (bicyclic) bond motifs is 1. The van der Waals surface area contributed by atoms with Crippen LogP contribution in [-0.4, -0.2) is 43.9 Å². The standard InChI is InChI=1S/C21H31N5O2/c1-21(2,3)19-11-20(27)25(15-22-19)12-16-4-6-24(7-5-16)13-17-10-18-14-28-9-8-26(18)23-17/h10-11,15-16H,4-9,12-14H2,1-3H3. The molecule has 4 heterocycles. The lowest BCUT2D eigenvalue weighted by molar-refractivity contribution is 0.0799. The monoisotopic (exact) mass is 385 g/mol. The Balaban J connectivity index is 1.31. The van der Waals surface area contributed by atoms with Crippen LogP contribution in [0, 0.1) is 5.92 Å². The highest BCUT2D eigenvalue weighted by molar-refractivity contribution is 5.11. The number of rotatable bonds is 4. The number of ether oxygens (including phenoxy) is 1. The van der Waals surface area contributed by atoms with Crippen LogP contribution in [0.5, 0.6) is 0 Å². The molecule has 1 fully saturated rings. The molecule has 152 valence electrons. The molecule has 0 unspecified atom stereocenters. The summed E-state index contributed by atoms with van der Waals surface area (Å²) < 4.78 is 9.35. The summed E-state index contributed by atoms with van der Waals surface area (Å²) in [5.41, 5.74) is 3.14. The van der Waals surface area contributed by atoms with Gasteiger partial charge in [0.25, 0.3) is 5.56 Å². The molecule has 0 radical (unpaired) electrons. The van der Waals surface area contributed by atoms with Crippen molar-refractivity contribution in [3.63, 3.8) is 0 Å². The molecule has 2 aromatic heterocycles. The van der Waals surface area contributed by atoms with Gasteiger partial charge in [-0.2, -0.15) is 5.10 Å². The Morgan fingerprint density at radius 2 is 1.96 bits per heavy atom. The van der Waals surface area contributed by atoms with Gasteiger partial charge in [-0.05, 0) is 37.9 Å². The van der Waals surface area contributed by atoms with Gasteiger partial charge in [-0.1, -0.05) is 20.8 Å². The molecule has 0 saturated carbocycles. The molecule has 7 nitrogen and oxygen atoms in total. The van der Waals surface area contributed by atoms with Gasteiger partial charge in [-0.15, -0.1) is 0 Å². The van der Waals surface area contributed by atoms with Gasteiger partial charge in [0.2, 0.25) is 0 Å². The SMILES string of the molecule is CC(C)(C)c1cc(=O)n(CC2CCN(Cc3cc4n(n3)CCOC4)CC2)cn1. The number of likely N-dealkylation sites (tertiary alicyclic amines) is 1. The zero-order valence-corrected chi connectivity index (χ0v) is 17.2. The Morgan fingerprint density at radius 1 is 1.18 bits per heavy atom. The topological polar surface area (TPSA) is 65.2 Å². The quantitative estimate of drug-likeness (QED) is 0.807. The molecule has 4 rings (SSSR count). The molecule has 0 amide bonds. The van der Waals surface area contributed by atoms with Crippen LogP contribution in [0.15, 0.2) is 23.3 Å². The smallest absolute Gasteiger partial charge is 0.253 e. The number of piperidine rings is 1. The van der Waals surface area contributed by atoms with Gasteiger partial charge >= 0.3 is 0 Å². The Bertz CT molecular complexity index is 848. The third-order valence-electron chi connectivity index (χ3n) is 5.81. The lowest BCUT2D eigenvalue weighted by Gasteiger charge is -2.31. The molecule has 0 spiro atoms. The number of hydrogen-bond acceptors (Lipinski definition) is 5. The molecule has 7 heteroatoms. The van der Waals surface area contributed by atoms with Crippen LogP contribution in [-0.2, 0) is 36.4 Å². The van der Waals surface area contributed by atoms with E-state index in [9.17, 15) is 4.79 Å². The maximum Gasteiger partial charge on any atom is 0.253 e. The van der Waals surface area contributed by atoms with Crippen molar-refractivity contribution in [2.24, 2.45) is 5.92 Å². The summed E-state index contributed by atoms with van der Waals surface area (Å²) in [5, 5.41) is 4.71. The van der Waals surface area contributed by atoms with E-state index < -0.39 is 0 Å². The summed E-state index contributed by atoms with van der Waals surface area (Å²) >= 11 is 0. The van der Waals surface area contributed by atoms with E-state index in [1.54, 1.807) is 17.0 Å². The van der Waals surface area contributed by atoms with E-state index in [4.69, 9.17) is 9.84 Å². The summed E-state index contributed by atoms with van der Waals surface area (Å²) in [5.74, 6) is 0.528. The second-order valence-corrected chi connectivity index (χ2v) is 9.14. The van der Waals surface area contributed by atoms with Crippen LogP contribution in [0.1, 0.15) is 50.7 Å². The molecule has 0 aliphatic carbocycles. The molecule has 28 heavy (non-hydrogen) atoms. The largest absolute Gasteiger partial charge is 0.373 e. The predicted octanol–water partition coefficient (Wildman–Crippen LogP) is 2.18. The summed E-state index contributed by atoms with van der Waals surface area (Å²) in [6.07, 6.45) is 3.93. The van der Waals surface area contributed by atoms with E-state index in [2.05, 4.69) is 41.4 Å². The number of hydrogen-bond donors (Lipinski definition) is 0. The first-order chi connectivity index (χ1) is 13.4. The van der Waals surface area contributed by atoms with Crippen molar-refractivity contribution < 1.29 is 4.74 Å². The van der Waals surface area contributed by atoms with E-state index in [-0.39, 0.29) is 11.0 Å². The fourth-order valence-electron chi connectivity index (χ4n) is 4.04. The molecule has 0 N–H and O–H groups in total. The van der Waals surface area contributed by atoms with Gasteiger partial charge in [0, 0.05) is 24.6 Å². The van der Waals surface area contributed by atoms with E-state index in [0.29, 0.717) is 12.5 Å². The molecule has 0 atom stereocenters. The zero-order valence-electron chi connectivity index (χ0n) is 17.2. The van der Waals surface area contributed by atoms with E-state index in [1.165, 1.54) is 5.69 Å². The second-order valence-electron chi connectivity index (χ2n) is 9.14. The minimum absolute atomic E-state index is 0.0631. The predicted molar refractivity (Wildman–Crippen MR) is 107 cm³/mol. The van der Waals surface area contributed by atoms with Crippen LogP contribution in [0.25, 0.3) is 0 Å². The second kappa shape index (κ2) is 7.79. The maximum atomic E-state index is 12.5. The highest BCUT2D eigenvalue weighted by atomic mass is 16.5. The third-order valence-corrected chi connectivity index (χ3v) is 5.81.